The topological polar surface area (TPSA) is 27.7 Å². The Balaban J connectivity index is 1.61. The van der Waals surface area contributed by atoms with Gasteiger partial charge < -0.3 is 14.2 Å². The molecule has 0 unspecified atom stereocenters. The Morgan fingerprint density at radius 2 is 1.21 bits per heavy atom. The molecule has 3 nitrogen and oxygen atoms in total. The van der Waals surface area contributed by atoms with Crippen molar-refractivity contribution in [3.8, 4) is 34.1 Å². The Morgan fingerprint density at radius 3 is 1.97 bits per heavy atom. The monoisotopic (exact) mass is 434 g/mol. The molecule has 0 N–H and O–H groups in total. The molecule has 0 saturated carbocycles. The van der Waals surface area contributed by atoms with E-state index >= 15 is 0 Å². The summed E-state index contributed by atoms with van der Waals surface area (Å²) in [6.45, 7) is 0. The molecule has 0 radical (unpaired) electrons. The van der Waals surface area contributed by atoms with Crippen LogP contribution < -0.4 is 14.2 Å². The van der Waals surface area contributed by atoms with Gasteiger partial charge in [0.15, 0.2) is 0 Å². The average Bonchev–Trinajstić information content (AvgIpc) is 2.86. The first-order valence-electron chi connectivity index (χ1n) is 11.1. The van der Waals surface area contributed by atoms with Gasteiger partial charge in [-0.3, -0.25) is 0 Å². The third-order valence-electron chi connectivity index (χ3n) is 5.97. The van der Waals surface area contributed by atoms with Gasteiger partial charge in [-0.25, -0.2) is 0 Å². The first kappa shape index (κ1) is 20.9. The highest BCUT2D eigenvalue weighted by Crippen LogP contribution is 2.38. The Labute approximate surface area is 194 Å². The van der Waals surface area contributed by atoms with Gasteiger partial charge in [0, 0.05) is 11.1 Å². The molecule has 0 amide bonds. The lowest BCUT2D eigenvalue weighted by Crippen LogP contribution is -1.96. The third kappa shape index (κ3) is 4.63. The van der Waals surface area contributed by atoms with E-state index in [9.17, 15) is 0 Å². The molecule has 0 fully saturated rings. The zero-order valence-corrected chi connectivity index (χ0v) is 18.9. The number of aryl methyl sites for hydroxylation is 2. The molecule has 0 saturated heterocycles. The van der Waals surface area contributed by atoms with Crippen LogP contribution in [-0.4, -0.2) is 14.2 Å². The molecule has 0 aromatic heterocycles. The lowest BCUT2D eigenvalue weighted by molar-refractivity contribution is 0.410. The first-order chi connectivity index (χ1) is 16.2. The highest BCUT2D eigenvalue weighted by Gasteiger charge is 2.13. The number of rotatable bonds is 2. The lowest BCUT2D eigenvalue weighted by atomic mass is 9.97. The molecule has 10 rings (SSSR count). The van der Waals surface area contributed by atoms with E-state index in [1.54, 1.807) is 14.2 Å². The predicted octanol–water partition coefficient (Wildman–Crippen LogP) is 7.43. The zero-order chi connectivity index (χ0) is 22.6. The fourth-order valence-electron chi connectivity index (χ4n) is 4.17. The summed E-state index contributed by atoms with van der Waals surface area (Å²) < 4.78 is 17.6. The maximum atomic E-state index is 6.09. The second-order valence-electron chi connectivity index (χ2n) is 8.15. The van der Waals surface area contributed by atoms with Crippen molar-refractivity contribution in [2.45, 2.75) is 12.8 Å². The molecule has 0 atom stereocenters. The Kier molecular flexibility index (Phi) is 5.86. The molecule has 6 aliphatic heterocycles. The molecule has 6 aliphatic rings. The van der Waals surface area contributed by atoms with Crippen LogP contribution in [0.25, 0.3) is 23.3 Å². The van der Waals surface area contributed by atoms with Crippen molar-refractivity contribution in [3.05, 3.63) is 107 Å². The smallest absolute Gasteiger partial charge is 0.128 e. The second-order valence-corrected chi connectivity index (χ2v) is 8.15. The van der Waals surface area contributed by atoms with Gasteiger partial charge in [0.05, 0.1) is 14.2 Å². The van der Waals surface area contributed by atoms with Gasteiger partial charge in [-0.15, -0.1) is 0 Å². The highest BCUT2D eigenvalue weighted by atomic mass is 16.5. The van der Waals surface area contributed by atoms with E-state index in [0.29, 0.717) is 0 Å². The minimum atomic E-state index is 0.814. The summed E-state index contributed by atoms with van der Waals surface area (Å²) in [4.78, 5) is 0. The zero-order valence-electron chi connectivity index (χ0n) is 18.9. The van der Waals surface area contributed by atoms with Crippen LogP contribution in [0.2, 0.25) is 0 Å². The van der Waals surface area contributed by atoms with Crippen molar-refractivity contribution in [3.63, 3.8) is 0 Å². The van der Waals surface area contributed by atoms with E-state index < -0.39 is 0 Å². The summed E-state index contributed by atoms with van der Waals surface area (Å²) in [6.07, 6.45) is 6.04. The minimum Gasteiger partial charge on any atom is -0.496 e. The molecule has 4 aromatic carbocycles. The molecule has 33 heavy (non-hydrogen) atoms. The van der Waals surface area contributed by atoms with Gasteiger partial charge >= 0.3 is 0 Å². The largest absolute Gasteiger partial charge is 0.496 e. The molecule has 8 bridgehead atoms. The normalized spacial score (nSPS) is 13.4. The summed E-state index contributed by atoms with van der Waals surface area (Å²) in [7, 11) is 3.43. The first-order valence-corrected chi connectivity index (χ1v) is 11.1. The van der Waals surface area contributed by atoms with Gasteiger partial charge in [-0.2, -0.15) is 0 Å². The number of benzene rings is 4. The van der Waals surface area contributed by atoms with E-state index in [-0.39, 0.29) is 0 Å². The highest BCUT2D eigenvalue weighted by molar-refractivity contribution is 5.79. The van der Waals surface area contributed by atoms with Gasteiger partial charge in [-0.1, -0.05) is 54.6 Å². The standard InChI is InChI=1S/C30H26O3/c1-31-29-19-23-7-6-21-10-14-25(15-11-21)33-26-5-3-4-22(18-26)8-9-24-13-17-28(27(29)16-12-23)30(20-24)32-2/h3-5,8-20H,6-7H2,1-2H3/b9-8+. The van der Waals surface area contributed by atoms with Crippen molar-refractivity contribution in [1.82, 2.24) is 0 Å². The summed E-state index contributed by atoms with van der Waals surface area (Å²) in [6, 6.07) is 29.1. The second kappa shape index (κ2) is 9.25. The minimum absolute atomic E-state index is 0.814. The summed E-state index contributed by atoms with van der Waals surface area (Å²) in [5.41, 5.74) is 6.67. The van der Waals surface area contributed by atoms with Crippen LogP contribution in [0.15, 0.2) is 84.9 Å². The molecule has 3 heteroatoms. The SMILES string of the molecule is COc1cc2ccc1-c1ccc(cc1OC)CCc1ccc(cc1)Oc1cccc(c1)/C=C/2. The number of hydrogen-bond donors (Lipinski definition) is 0. The van der Waals surface area contributed by atoms with E-state index in [2.05, 4.69) is 66.7 Å². The van der Waals surface area contributed by atoms with Crippen LogP contribution in [0.5, 0.6) is 23.0 Å². The fraction of sp³-hybridized carbons (Fsp3) is 0.133. The molecular weight excluding hydrogens is 408 g/mol. The van der Waals surface area contributed by atoms with Crippen LogP contribution in [0.1, 0.15) is 22.3 Å². The van der Waals surface area contributed by atoms with Crippen molar-refractivity contribution in [1.29, 1.82) is 0 Å². The maximum Gasteiger partial charge on any atom is 0.128 e. The van der Waals surface area contributed by atoms with Gasteiger partial charge in [0.2, 0.25) is 0 Å². The molecular formula is C30H26O3. The quantitative estimate of drug-likeness (QED) is 0.328. The van der Waals surface area contributed by atoms with Crippen molar-refractivity contribution < 1.29 is 14.2 Å². The molecule has 4 aromatic rings. The molecule has 164 valence electrons. The van der Waals surface area contributed by atoms with Crippen LogP contribution in [-0.2, 0) is 12.8 Å². The van der Waals surface area contributed by atoms with Crippen LogP contribution in [0, 0.1) is 0 Å². The summed E-state index contributed by atoms with van der Waals surface area (Å²) in [5.74, 6) is 3.32. The predicted molar refractivity (Wildman–Crippen MR) is 134 cm³/mol. The van der Waals surface area contributed by atoms with Crippen LogP contribution in [0.4, 0.5) is 0 Å². The van der Waals surface area contributed by atoms with Crippen molar-refractivity contribution in [2.75, 3.05) is 14.2 Å². The average molecular weight is 435 g/mol. The van der Waals surface area contributed by atoms with E-state index in [0.717, 1.165) is 58.1 Å². The Hall–Kier alpha value is -3.98. The Bertz CT molecular complexity index is 1300. The number of ether oxygens (including phenoxy) is 3. The van der Waals surface area contributed by atoms with Crippen LogP contribution in [0.3, 0.4) is 0 Å². The van der Waals surface area contributed by atoms with Crippen molar-refractivity contribution in [2.24, 2.45) is 0 Å². The van der Waals surface area contributed by atoms with Gasteiger partial charge in [0.25, 0.3) is 0 Å². The number of methoxy groups -OCH3 is 2. The maximum absolute atomic E-state index is 6.09. The molecule has 0 spiro atoms. The Morgan fingerprint density at radius 1 is 0.576 bits per heavy atom. The molecule has 6 heterocycles. The summed E-state index contributed by atoms with van der Waals surface area (Å²) >= 11 is 0. The van der Waals surface area contributed by atoms with E-state index in [4.69, 9.17) is 14.2 Å². The van der Waals surface area contributed by atoms with E-state index in [1.807, 2.05) is 30.3 Å². The van der Waals surface area contributed by atoms with Gasteiger partial charge in [-0.05, 0) is 77.6 Å². The lowest BCUT2D eigenvalue weighted by Gasteiger charge is -2.15. The van der Waals surface area contributed by atoms with E-state index in [1.165, 1.54) is 11.1 Å². The fourth-order valence-corrected chi connectivity index (χ4v) is 4.17. The number of hydrogen-bond acceptors (Lipinski definition) is 3. The van der Waals surface area contributed by atoms with Crippen molar-refractivity contribution >= 4 is 12.2 Å². The molecule has 0 aliphatic carbocycles. The van der Waals surface area contributed by atoms with Crippen LogP contribution >= 0.6 is 0 Å². The summed E-state index contributed by atoms with van der Waals surface area (Å²) in [5, 5.41) is 0. The van der Waals surface area contributed by atoms with Gasteiger partial charge in [0.1, 0.15) is 23.0 Å². The third-order valence-corrected chi connectivity index (χ3v) is 5.97.